The zero-order chi connectivity index (χ0) is 12.2. The minimum atomic E-state index is 0.846. The van der Waals surface area contributed by atoms with E-state index >= 15 is 0 Å². The predicted octanol–water partition coefficient (Wildman–Crippen LogP) is 2.12. The van der Waals surface area contributed by atoms with Gasteiger partial charge in [-0.3, -0.25) is 0 Å². The zero-order valence-electron chi connectivity index (χ0n) is 9.91. The van der Waals surface area contributed by atoms with Gasteiger partial charge in [-0.1, -0.05) is 6.07 Å². The van der Waals surface area contributed by atoms with Crippen LogP contribution in [0.2, 0.25) is 0 Å². The second kappa shape index (κ2) is 5.29. The summed E-state index contributed by atoms with van der Waals surface area (Å²) in [5.41, 5.74) is 2.40. The molecule has 3 heterocycles. The van der Waals surface area contributed by atoms with Gasteiger partial charge in [-0.25, -0.2) is 9.50 Å². The van der Waals surface area contributed by atoms with Crippen molar-refractivity contribution in [1.29, 1.82) is 0 Å². The van der Waals surface area contributed by atoms with Crippen molar-refractivity contribution in [2.24, 2.45) is 0 Å². The lowest BCUT2D eigenvalue weighted by atomic mass is 10.2. The van der Waals surface area contributed by atoms with Crippen LogP contribution < -0.4 is 5.32 Å². The number of thiazole rings is 1. The third-order valence-electron chi connectivity index (χ3n) is 2.82. The fraction of sp³-hybridized carbons (Fsp3) is 0.231. The standard InChI is InChI=1S/C13H14N4S/c1-2-7-17-12(3-1)11(10-16-17)9-14-5-4-13-15-6-8-18-13/h1-3,6-8,10,14H,4-5,9H2. The number of hydrogen-bond acceptors (Lipinski definition) is 4. The van der Waals surface area contributed by atoms with Crippen LogP contribution in [0.3, 0.4) is 0 Å². The first kappa shape index (κ1) is 11.4. The SMILES string of the molecule is c1ccn2ncc(CNCCc3nccs3)c2c1. The van der Waals surface area contributed by atoms with Crippen molar-refractivity contribution < 1.29 is 0 Å². The molecule has 0 fully saturated rings. The maximum atomic E-state index is 4.31. The largest absolute Gasteiger partial charge is 0.312 e. The quantitative estimate of drug-likeness (QED) is 0.713. The fourth-order valence-corrected chi connectivity index (χ4v) is 2.54. The highest BCUT2D eigenvalue weighted by Gasteiger charge is 2.02. The van der Waals surface area contributed by atoms with Crippen LogP contribution in [0.1, 0.15) is 10.6 Å². The van der Waals surface area contributed by atoms with Gasteiger partial charge < -0.3 is 5.32 Å². The van der Waals surface area contributed by atoms with E-state index in [0.717, 1.165) is 19.5 Å². The molecule has 3 aromatic rings. The van der Waals surface area contributed by atoms with Gasteiger partial charge in [-0.2, -0.15) is 5.10 Å². The molecule has 0 radical (unpaired) electrons. The number of rotatable bonds is 5. The maximum Gasteiger partial charge on any atom is 0.0937 e. The van der Waals surface area contributed by atoms with E-state index in [-0.39, 0.29) is 0 Å². The minimum Gasteiger partial charge on any atom is -0.312 e. The first-order chi connectivity index (χ1) is 8.93. The molecule has 3 rings (SSSR count). The molecule has 0 amide bonds. The highest BCUT2D eigenvalue weighted by Crippen LogP contribution is 2.09. The number of pyridine rings is 1. The Bertz CT molecular complexity index is 615. The van der Waals surface area contributed by atoms with E-state index in [4.69, 9.17) is 0 Å². The lowest BCUT2D eigenvalue weighted by molar-refractivity contribution is 0.688. The molecule has 92 valence electrons. The van der Waals surface area contributed by atoms with Crippen LogP contribution in [0.4, 0.5) is 0 Å². The molecule has 18 heavy (non-hydrogen) atoms. The summed E-state index contributed by atoms with van der Waals surface area (Å²) in [7, 11) is 0. The summed E-state index contributed by atoms with van der Waals surface area (Å²) >= 11 is 1.71. The normalized spacial score (nSPS) is 11.1. The third kappa shape index (κ3) is 2.42. The fourth-order valence-electron chi connectivity index (χ4n) is 1.92. The summed E-state index contributed by atoms with van der Waals surface area (Å²) in [6.07, 6.45) is 6.72. The van der Waals surface area contributed by atoms with E-state index in [2.05, 4.69) is 21.5 Å². The Morgan fingerprint density at radius 3 is 3.22 bits per heavy atom. The number of aromatic nitrogens is 3. The van der Waals surface area contributed by atoms with Crippen molar-refractivity contribution >= 4 is 16.9 Å². The van der Waals surface area contributed by atoms with Gasteiger partial charge in [-0.05, 0) is 12.1 Å². The van der Waals surface area contributed by atoms with Crippen LogP contribution in [-0.4, -0.2) is 21.1 Å². The van der Waals surface area contributed by atoms with Crippen LogP contribution >= 0.6 is 11.3 Å². The molecular formula is C13H14N4S. The summed E-state index contributed by atoms with van der Waals surface area (Å²) in [4.78, 5) is 4.26. The molecule has 0 saturated heterocycles. The lowest BCUT2D eigenvalue weighted by Gasteiger charge is -2.02. The van der Waals surface area contributed by atoms with E-state index in [0.29, 0.717) is 0 Å². The predicted molar refractivity (Wildman–Crippen MR) is 72.7 cm³/mol. The zero-order valence-corrected chi connectivity index (χ0v) is 10.7. The van der Waals surface area contributed by atoms with Gasteiger partial charge in [0, 0.05) is 42.8 Å². The molecule has 1 N–H and O–H groups in total. The van der Waals surface area contributed by atoms with Crippen LogP contribution in [0, 0.1) is 0 Å². The number of fused-ring (bicyclic) bond motifs is 1. The van der Waals surface area contributed by atoms with E-state index in [1.165, 1.54) is 16.1 Å². The van der Waals surface area contributed by atoms with Gasteiger partial charge in [0.1, 0.15) is 0 Å². The minimum absolute atomic E-state index is 0.846. The molecule has 0 aliphatic carbocycles. The maximum absolute atomic E-state index is 4.31. The summed E-state index contributed by atoms with van der Waals surface area (Å²) in [5.74, 6) is 0. The Labute approximate surface area is 109 Å². The van der Waals surface area contributed by atoms with E-state index in [1.54, 1.807) is 11.3 Å². The highest BCUT2D eigenvalue weighted by atomic mass is 32.1. The molecule has 4 nitrogen and oxygen atoms in total. The monoisotopic (exact) mass is 258 g/mol. The molecule has 0 aromatic carbocycles. The third-order valence-corrected chi connectivity index (χ3v) is 3.66. The topological polar surface area (TPSA) is 42.2 Å². The number of nitrogens with one attached hydrogen (secondary N) is 1. The van der Waals surface area contributed by atoms with Crippen LogP contribution in [0.5, 0.6) is 0 Å². The molecule has 0 aliphatic heterocycles. The molecule has 0 saturated carbocycles. The van der Waals surface area contributed by atoms with Crippen molar-refractivity contribution in [3.05, 3.63) is 52.7 Å². The molecule has 0 spiro atoms. The Morgan fingerprint density at radius 2 is 2.33 bits per heavy atom. The van der Waals surface area contributed by atoms with E-state index in [1.807, 2.05) is 40.6 Å². The summed E-state index contributed by atoms with van der Waals surface area (Å²) in [5, 5.41) is 10.9. The van der Waals surface area contributed by atoms with Crippen molar-refractivity contribution in [3.8, 4) is 0 Å². The number of hydrogen-bond donors (Lipinski definition) is 1. The summed E-state index contributed by atoms with van der Waals surface area (Å²) in [6, 6.07) is 6.11. The average Bonchev–Trinajstić information content (AvgIpc) is 3.04. The van der Waals surface area contributed by atoms with Crippen molar-refractivity contribution in [3.63, 3.8) is 0 Å². The van der Waals surface area contributed by atoms with Crippen molar-refractivity contribution in [2.75, 3.05) is 6.54 Å². The number of nitrogens with zero attached hydrogens (tertiary/aromatic N) is 3. The van der Waals surface area contributed by atoms with Gasteiger partial charge in [0.05, 0.1) is 16.7 Å². The highest BCUT2D eigenvalue weighted by molar-refractivity contribution is 7.09. The lowest BCUT2D eigenvalue weighted by Crippen LogP contribution is -2.16. The summed E-state index contributed by atoms with van der Waals surface area (Å²) < 4.78 is 1.90. The van der Waals surface area contributed by atoms with Crippen molar-refractivity contribution in [1.82, 2.24) is 19.9 Å². The molecule has 0 unspecified atom stereocenters. The second-order valence-corrected chi connectivity index (χ2v) is 5.03. The molecule has 0 atom stereocenters. The first-order valence-corrected chi connectivity index (χ1v) is 6.82. The van der Waals surface area contributed by atoms with E-state index < -0.39 is 0 Å². The van der Waals surface area contributed by atoms with Crippen LogP contribution in [-0.2, 0) is 13.0 Å². The van der Waals surface area contributed by atoms with Gasteiger partial charge in [0.15, 0.2) is 0 Å². The van der Waals surface area contributed by atoms with Crippen molar-refractivity contribution in [2.45, 2.75) is 13.0 Å². The Morgan fingerprint density at radius 1 is 1.33 bits per heavy atom. The molecule has 3 aromatic heterocycles. The second-order valence-electron chi connectivity index (χ2n) is 4.05. The van der Waals surface area contributed by atoms with Crippen LogP contribution in [0.25, 0.3) is 5.52 Å². The van der Waals surface area contributed by atoms with Gasteiger partial charge in [0.25, 0.3) is 0 Å². The summed E-state index contributed by atoms with van der Waals surface area (Å²) in [6.45, 7) is 1.79. The van der Waals surface area contributed by atoms with Gasteiger partial charge in [0.2, 0.25) is 0 Å². The Hall–Kier alpha value is -1.72. The van der Waals surface area contributed by atoms with Crippen LogP contribution in [0.15, 0.2) is 42.2 Å². The van der Waals surface area contributed by atoms with E-state index in [9.17, 15) is 0 Å². The first-order valence-electron chi connectivity index (χ1n) is 5.94. The Balaban J connectivity index is 1.57. The molecular weight excluding hydrogens is 244 g/mol. The Kier molecular flexibility index (Phi) is 3.34. The molecule has 5 heteroatoms. The van der Waals surface area contributed by atoms with Gasteiger partial charge in [-0.15, -0.1) is 11.3 Å². The van der Waals surface area contributed by atoms with Gasteiger partial charge >= 0.3 is 0 Å². The smallest absolute Gasteiger partial charge is 0.0937 e. The molecule has 0 bridgehead atoms. The average molecular weight is 258 g/mol. The molecule has 0 aliphatic rings.